The van der Waals surface area contributed by atoms with Gasteiger partial charge in [-0.3, -0.25) is 5.32 Å². The topological polar surface area (TPSA) is 35.2 Å². The summed E-state index contributed by atoms with van der Waals surface area (Å²) >= 11 is 0. The molecule has 2 aromatic rings. The first-order chi connectivity index (χ1) is 8.33. The summed E-state index contributed by atoms with van der Waals surface area (Å²) < 4.78 is 2.02. The van der Waals surface area contributed by atoms with Gasteiger partial charge in [-0.2, -0.15) is 0 Å². The van der Waals surface area contributed by atoms with Crippen molar-refractivity contribution in [2.24, 2.45) is 0 Å². The first-order valence-electron chi connectivity index (χ1n) is 5.80. The number of hydrogen-bond acceptors (Lipinski definition) is 2. The van der Waals surface area contributed by atoms with E-state index in [-0.39, 0.29) is 0 Å². The molecule has 0 aliphatic carbocycles. The Morgan fingerprint density at radius 1 is 1.29 bits per heavy atom. The van der Waals surface area contributed by atoms with Crippen LogP contribution in [0.4, 0.5) is 5.69 Å². The molecule has 0 bridgehead atoms. The third-order valence-electron chi connectivity index (χ3n) is 3.07. The zero-order valence-electron chi connectivity index (χ0n) is 9.87. The molecule has 0 amide bonds. The number of fused-ring (bicyclic) bond motifs is 1. The molecule has 17 heavy (non-hydrogen) atoms. The van der Waals surface area contributed by atoms with Crippen molar-refractivity contribution in [3.63, 3.8) is 0 Å². The molecule has 2 heterocycles. The van der Waals surface area contributed by atoms with Gasteiger partial charge >= 0.3 is 0 Å². The van der Waals surface area contributed by atoms with Gasteiger partial charge in [-0.05, 0) is 30.8 Å². The summed E-state index contributed by atoms with van der Waals surface area (Å²) in [4.78, 5) is 6.37. The van der Waals surface area contributed by atoms with Crippen molar-refractivity contribution in [3.05, 3.63) is 42.5 Å². The van der Waals surface area contributed by atoms with Crippen LogP contribution in [0.25, 0.3) is 5.69 Å². The molecule has 1 aromatic heterocycles. The van der Waals surface area contributed by atoms with Crippen LogP contribution in [-0.2, 0) is 6.54 Å². The molecule has 0 atom stereocenters. The first kappa shape index (κ1) is 10.4. The van der Waals surface area contributed by atoms with E-state index in [0.717, 1.165) is 31.0 Å². The fourth-order valence-corrected chi connectivity index (χ4v) is 2.14. The highest BCUT2D eigenvalue weighted by Crippen LogP contribution is 2.23. The van der Waals surface area contributed by atoms with Crippen LogP contribution in [0, 0.1) is 0 Å². The van der Waals surface area contributed by atoms with E-state index in [0.29, 0.717) is 0 Å². The van der Waals surface area contributed by atoms with Gasteiger partial charge in [0, 0.05) is 31.2 Å². The lowest BCUT2D eigenvalue weighted by molar-refractivity contribution is 0.340. The zero-order chi connectivity index (χ0) is 11.7. The second-order valence-electron chi connectivity index (χ2n) is 4.40. The van der Waals surface area contributed by atoms with Gasteiger partial charge in [0.15, 0.2) is 0 Å². The molecule has 87 valence electrons. The number of nitrogens with zero attached hydrogens (tertiary/aromatic N) is 4. The number of likely N-dealkylation sites (N-methyl/N-ethyl adjacent to an activating group) is 1. The molecule has 1 radical (unpaired) electrons. The van der Waals surface area contributed by atoms with Crippen LogP contribution in [0.5, 0.6) is 0 Å². The van der Waals surface area contributed by atoms with Crippen LogP contribution >= 0.6 is 0 Å². The minimum atomic E-state index is 0.883. The molecular weight excluding hydrogens is 212 g/mol. The van der Waals surface area contributed by atoms with Gasteiger partial charge < -0.3 is 9.47 Å². The van der Waals surface area contributed by atoms with Crippen molar-refractivity contribution in [1.82, 2.24) is 19.8 Å². The molecule has 4 nitrogen and oxygen atoms in total. The maximum absolute atomic E-state index is 4.59. The van der Waals surface area contributed by atoms with Crippen molar-refractivity contribution in [2.75, 3.05) is 20.1 Å². The van der Waals surface area contributed by atoms with Crippen molar-refractivity contribution < 1.29 is 0 Å². The highest BCUT2D eigenvalue weighted by molar-refractivity contribution is 5.52. The van der Waals surface area contributed by atoms with Gasteiger partial charge in [0.2, 0.25) is 0 Å². The Balaban J connectivity index is 2.00. The number of benzene rings is 1. The Hall–Kier alpha value is -1.81. The van der Waals surface area contributed by atoms with Crippen LogP contribution in [0.3, 0.4) is 0 Å². The lowest BCUT2D eigenvalue weighted by atomic mass is 10.1. The van der Waals surface area contributed by atoms with Gasteiger partial charge in [-0.25, -0.2) is 4.98 Å². The second-order valence-corrected chi connectivity index (χ2v) is 4.40. The summed E-state index contributed by atoms with van der Waals surface area (Å²) in [6.45, 7) is 2.87. The summed E-state index contributed by atoms with van der Waals surface area (Å²) in [5, 5.41) is 4.59. The molecule has 0 saturated carbocycles. The Labute approximate surface area is 101 Å². The van der Waals surface area contributed by atoms with E-state index in [9.17, 15) is 0 Å². The smallest absolute Gasteiger partial charge is 0.0991 e. The van der Waals surface area contributed by atoms with Crippen molar-refractivity contribution in [3.8, 4) is 5.69 Å². The third kappa shape index (κ3) is 2.03. The van der Waals surface area contributed by atoms with Crippen LogP contribution in [0.2, 0.25) is 0 Å². The first-order valence-corrected chi connectivity index (χ1v) is 5.80. The summed E-state index contributed by atoms with van der Waals surface area (Å²) in [6, 6.07) is 6.39. The summed E-state index contributed by atoms with van der Waals surface area (Å²) in [7, 11) is 2.13. The molecule has 0 N–H and O–H groups in total. The maximum Gasteiger partial charge on any atom is 0.0991 e. The molecule has 1 aromatic carbocycles. The van der Waals surface area contributed by atoms with Crippen molar-refractivity contribution in [2.45, 2.75) is 6.54 Å². The van der Waals surface area contributed by atoms with Crippen molar-refractivity contribution >= 4 is 5.69 Å². The Bertz CT molecular complexity index is 504. The van der Waals surface area contributed by atoms with E-state index < -0.39 is 0 Å². The van der Waals surface area contributed by atoms with Crippen LogP contribution in [0.15, 0.2) is 36.9 Å². The van der Waals surface area contributed by atoms with E-state index in [1.807, 2.05) is 17.1 Å². The molecule has 1 aliphatic rings. The Kier molecular flexibility index (Phi) is 2.57. The number of rotatable bonds is 1. The molecule has 0 saturated heterocycles. The quantitative estimate of drug-likeness (QED) is 0.741. The van der Waals surface area contributed by atoms with Crippen LogP contribution in [-0.4, -0.2) is 34.6 Å². The van der Waals surface area contributed by atoms with Gasteiger partial charge in [0.05, 0.1) is 18.6 Å². The number of imidazole rings is 1. The van der Waals surface area contributed by atoms with Crippen LogP contribution < -0.4 is 5.32 Å². The molecule has 3 rings (SSSR count). The van der Waals surface area contributed by atoms with E-state index in [4.69, 9.17) is 0 Å². The average molecular weight is 227 g/mol. The zero-order valence-corrected chi connectivity index (χ0v) is 9.87. The monoisotopic (exact) mass is 227 g/mol. The SMILES string of the molecule is CN1CC[N]c2ccc(-n3ccnc3)cc2C1. The van der Waals surface area contributed by atoms with Gasteiger partial charge in [-0.15, -0.1) is 0 Å². The minimum Gasteiger partial charge on any atom is -0.306 e. The summed E-state index contributed by atoms with van der Waals surface area (Å²) in [5.41, 5.74) is 3.56. The minimum absolute atomic E-state index is 0.883. The summed E-state index contributed by atoms with van der Waals surface area (Å²) in [6.07, 6.45) is 5.57. The normalized spacial score (nSPS) is 16.1. The van der Waals surface area contributed by atoms with E-state index in [1.54, 1.807) is 6.20 Å². The average Bonchev–Trinajstić information content (AvgIpc) is 2.78. The second kappa shape index (κ2) is 4.22. The lowest BCUT2D eigenvalue weighted by Crippen LogP contribution is -2.20. The summed E-state index contributed by atoms with van der Waals surface area (Å²) in [5.74, 6) is 0. The maximum atomic E-state index is 4.59. The molecule has 0 spiro atoms. The van der Waals surface area contributed by atoms with Crippen molar-refractivity contribution in [1.29, 1.82) is 0 Å². The molecule has 0 fully saturated rings. The van der Waals surface area contributed by atoms with Crippen LogP contribution in [0.1, 0.15) is 5.56 Å². The fraction of sp³-hybridized carbons (Fsp3) is 0.308. The Morgan fingerprint density at radius 3 is 3.06 bits per heavy atom. The molecule has 0 unspecified atom stereocenters. The Morgan fingerprint density at radius 2 is 2.24 bits per heavy atom. The van der Waals surface area contributed by atoms with E-state index in [2.05, 4.69) is 40.4 Å². The van der Waals surface area contributed by atoms with Gasteiger partial charge in [-0.1, -0.05) is 0 Å². The number of aromatic nitrogens is 2. The number of hydrogen-bond donors (Lipinski definition) is 0. The predicted molar refractivity (Wildman–Crippen MR) is 66.6 cm³/mol. The van der Waals surface area contributed by atoms with Gasteiger partial charge in [0.1, 0.15) is 0 Å². The standard InChI is InChI=1S/C13H15N4/c1-16-6-5-15-13-3-2-12(8-11(13)9-16)17-7-4-14-10-17/h2-4,7-8,10H,5-6,9H2,1H3. The van der Waals surface area contributed by atoms with E-state index in [1.165, 1.54) is 5.56 Å². The van der Waals surface area contributed by atoms with Gasteiger partial charge in [0.25, 0.3) is 0 Å². The highest BCUT2D eigenvalue weighted by atomic mass is 15.1. The lowest BCUT2D eigenvalue weighted by Gasteiger charge is -2.13. The van der Waals surface area contributed by atoms with E-state index >= 15 is 0 Å². The largest absolute Gasteiger partial charge is 0.306 e. The third-order valence-corrected chi connectivity index (χ3v) is 3.07. The molecular formula is C13H15N4. The predicted octanol–water partition coefficient (Wildman–Crippen LogP) is 1.55. The fourth-order valence-electron chi connectivity index (χ4n) is 2.14. The molecule has 1 aliphatic heterocycles. The molecule has 4 heteroatoms. The highest BCUT2D eigenvalue weighted by Gasteiger charge is 2.12.